The van der Waals surface area contributed by atoms with Crippen molar-refractivity contribution >= 4 is 9.84 Å². The van der Waals surface area contributed by atoms with Gasteiger partial charge in [-0.15, -0.1) is 0 Å². The van der Waals surface area contributed by atoms with Gasteiger partial charge in [0.15, 0.2) is 9.84 Å². The van der Waals surface area contributed by atoms with E-state index in [1.54, 1.807) is 13.1 Å². The topological polar surface area (TPSA) is 64.0 Å². The lowest BCUT2D eigenvalue weighted by Crippen LogP contribution is -2.35. The quantitative estimate of drug-likeness (QED) is 0.815. The van der Waals surface area contributed by atoms with Crippen LogP contribution in [0, 0.1) is 0 Å². The summed E-state index contributed by atoms with van der Waals surface area (Å²) in [5, 5.41) is 7.05. The van der Waals surface area contributed by atoms with Gasteiger partial charge in [-0.25, -0.2) is 8.42 Å². The first-order valence-electron chi connectivity index (χ1n) is 6.34. The predicted molar refractivity (Wildman–Crippen MR) is 73.2 cm³/mol. The third-order valence-electron chi connectivity index (χ3n) is 3.10. The number of hydrogen-bond acceptors (Lipinski definition) is 4. The zero-order chi connectivity index (χ0) is 13.8. The molecule has 104 valence electrons. The standard InChI is InChI=1S/C12H23N3O2S/c1-5-7-13-12(10(3)18(4,16)17)11-8-14-15(6-2)9-11/h8-10,12-13H,5-7H2,1-4H3. The Morgan fingerprint density at radius 2 is 2.11 bits per heavy atom. The average Bonchev–Trinajstić information content (AvgIpc) is 2.76. The van der Waals surface area contributed by atoms with Crippen LogP contribution in [0.1, 0.15) is 38.8 Å². The Balaban J connectivity index is 2.97. The molecule has 1 aromatic heterocycles. The summed E-state index contributed by atoms with van der Waals surface area (Å²) in [6.45, 7) is 7.39. The Labute approximate surface area is 109 Å². The molecule has 2 atom stereocenters. The molecule has 0 fully saturated rings. The number of nitrogens with zero attached hydrogens (tertiary/aromatic N) is 2. The van der Waals surface area contributed by atoms with Gasteiger partial charge in [0.2, 0.25) is 0 Å². The average molecular weight is 273 g/mol. The molecule has 2 unspecified atom stereocenters. The van der Waals surface area contributed by atoms with Gasteiger partial charge < -0.3 is 5.32 Å². The monoisotopic (exact) mass is 273 g/mol. The van der Waals surface area contributed by atoms with Crippen LogP contribution in [0.3, 0.4) is 0 Å². The van der Waals surface area contributed by atoms with Crippen LogP contribution in [0.4, 0.5) is 0 Å². The minimum Gasteiger partial charge on any atom is -0.309 e. The highest BCUT2D eigenvalue weighted by molar-refractivity contribution is 7.91. The zero-order valence-electron chi connectivity index (χ0n) is 11.5. The van der Waals surface area contributed by atoms with Gasteiger partial charge in [0, 0.05) is 24.6 Å². The number of sulfone groups is 1. The van der Waals surface area contributed by atoms with Crippen LogP contribution < -0.4 is 5.32 Å². The van der Waals surface area contributed by atoms with Gasteiger partial charge in [-0.3, -0.25) is 4.68 Å². The molecular formula is C12H23N3O2S. The highest BCUT2D eigenvalue weighted by Crippen LogP contribution is 2.21. The molecule has 1 N–H and O–H groups in total. The van der Waals surface area contributed by atoms with Gasteiger partial charge in [-0.05, 0) is 26.8 Å². The summed E-state index contributed by atoms with van der Waals surface area (Å²) in [5.41, 5.74) is 0.934. The van der Waals surface area contributed by atoms with Crippen molar-refractivity contribution in [3.8, 4) is 0 Å². The first-order valence-corrected chi connectivity index (χ1v) is 8.30. The van der Waals surface area contributed by atoms with Crippen LogP contribution in [0.5, 0.6) is 0 Å². The zero-order valence-corrected chi connectivity index (χ0v) is 12.4. The normalized spacial score (nSPS) is 15.6. The van der Waals surface area contributed by atoms with Gasteiger partial charge in [0.1, 0.15) is 0 Å². The van der Waals surface area contributed by atoms with E-state index < -0.39 is 15.1 Å². The minimum atomic E-state index is -3.08. The highest BCUT2D eigenvalue weighted by atomic mass is 32.2. The lowest BCUT2D eigenvalue weighted by atomic mass is 10.1. The molecule has 18 heavy (non-hydrogen) atoms. The van der Waals surface area contributed by atoms with Gasteiger partial charge in [-0.1, -0.05) is 6.92 Å². The van der Waals surface area contributed by atoms with Crippen LogP contribution in [-0.4, -0.2) is 36.2 Å². The molecule has 0 aliphatic carbocycles. The van der Waals surface area contributed by atoms with Crippen LogP contribution in [0.2, 0.25) is 0 Å². The van der Waals surface area contributed by atoms with Crippen molar-refractivity contribution in [3.05, 3.63) is 18.0 Å². The SMILES string of the molecule is CCCNC(c1cnn(CC)c1)C(C)S(C)(=O)=O. The van der Waals surface area contributed by atoms with Crippen molar-refractivity contribution in [2.45, 2.75) is 45.0 Å². The molecule has 0 saturated carbocycles. The Hall–Kier alpha value is -0.880. The van der Waals surface area contributed by atoms with E-state index in [2.05, 4.69) is 17.3 Å². The molecule has 0 spiro atoms. The molecule has 6 heteroatoms. The molecule has 0 aromatic carbocycles. The lowest BCUT2D eigenvalue weighted by Gasteiger charge is -2.22. The van der Waals surface area contributed by atoms with E-state index in [1.165, 1.54) is 6.26 Å². The molecule has 0 bridgehead atoms. The fourth-order valence-corrected chi connectivity index (χ4v) is 2.56. The molecule has 1 heterocycles. The molecule has 0 saturated heterocycles. The third-order valence-corrected chi connectivity index (χ3v) is 4.72. The Kier molecular flexibility index (Phi) is 5.34. The maximum Gasteiger partial charge on any atom is 0.151 e. The number of nitrogens with one attached hydrogen (secondary N) is 1. The summed E-state index contributed by atoms with van der Waals surface area (Å²) in [4.78, 5) is 0. The number of hydrogen-bond donors (Lipinski definition) is 1. The Morgan fingerprint density at radius 1 is 1.44 bits per heavy atom. The van der Waals surface area contributed by atoms with Gasteiger partial charge in [0.25, 0.3) is 0 Å². The molecule has 5 nitrogen and oxygen atoms in total. The predicted octanol–water partition coefficient (Wildman–Crippen LogP) is 1.38. The highest BCUT2D eigenvalue weighted by Gasteiger charge is 2.27. The second kappa shape index (κ2) is 6.33. The van der Waals surface area contributed by atoms with Crippen molar-refractivity contribution < 1.29 is 8.42 Å². The molecule has 1 aromatic rings. The van der Waals surface area contributed by atoms with E-state index in [0.717, 1.165) is 25.1 Å². The summed E-state index contributed by atoms with van der Waals surface area (Å²) in [5.74, 6) is 0. The summed E-state index contributed by atoms with van der Waals surface area (Å²) >= 11 is 0. The van der Waals surface area contributed by atoms with Crippen LogP contribution in [0.25, 0.3) is 0 Å². The van der Waals surface area contributed by atoms with E-state index in [0.29, 0.717) is 0 Å². The molecule has 1 rings (SSSR count). The van der Waals surface area contributed by atoms with Crippen molar-refractivity contribution in [1.82, 2.24) is 15.1 Å². The summed E-state index contributed by atoms with van der Waals surface area (Å²) in [6.07, 6.45) is 5.91. The van der Waals surface area contributed by atoms with E-state index in [1.807, 2.05) is 17.8 Å². The summed E-state index contributed by atoms with van der Waals surface area (Å²) in [6, 6.07) is -0.194. The Morgan fingerprint density at radius 3 is 2.56 bits per heavy atom. The third kappa shape index (κ3) is 3.81. The summed E-state index contributed by atoms with van der Waals surface area (Å²) in [7, 11) is -3.08. The van der Waals surface area contributed by atoms with Gasteiger partial charge in [0.05, 0.1) is 17.5 Å². The fraction of sp³-hybridized carbons (Fsp3) is 0.750. The van der Waals surface area contributed by atoms with E-state index >= 15 is 0 Å². The van der Waals surface area contributed by atoms with Gasteiger partial charge in [-0.2, -0.15) is 5.10 Å². The molecule has 0 aliphatic heterocycles. The smallest absolute Gasteiger partial charge is 0.151 e. The number of aromatic nitrogens is 2. The van der Waals surface area contributed by atoms with Crippen molar-refractivity contribution in [3.63, 3.8) is 0 Å². The maximum atomic E-state index is 11.7. The Bertz CT molecular complexity index is 467. The minimum absolute atomic E-state index is 0.194. The number of rotatable bonds is 7. The van der Waals surface area contributed by atoms with Crippen molar-refractivity contribution in [2.75, 3.05) is 12.8 Å². The van der Waals surface area contributed by atoms with E-state index in [4.69, 9.17) is 0 Å². The molecular weight excluding hydrogens is 250 g/mol. The van der Waals surface area contributed by atoms with Crippen LogP contribution in [0.15, 0.2) is 12.4 Å². The first-order chi connectivity index (χ1) is 8.40. The molecule has 0 aliphatic rings. The molecule has 0 amide bonds. The second-order valence-corrected chi connectivity index (χ2v) is 7.00. The van der Waals surface area contributed by atoms with Crippen molar-refractivity contribution in [2.24, 2.45) is 0 Å². The van der Waals surface area contributed by atoms with Crippen LogP contribution >= 0.6 is 0 Å². The largest absolute Gasteiger partial charge is 0.309 e. The summed E-state index contributed by atoms with van der Waals surface area (Å²) < 4.78 is 25.2. The second-order valence-electron chi connectivity index (χ2n) is 4.60. The van der Waals surface area contributed by atoms with E-state index in [-0.39, 0.29) is 6.04 Å². The fourth-order valence-electron chi connectivity index (χ4n) is 1.81. The number of aryl methyl sites for hydroxylation is 1. The lowest BCUT2D eigenvalue weighted by molar-refractivity contribution is 0.500. The van der Waals surface area contributed by atoms with Gasteiger partial charge >= 0.3 is 0 Å². The first kappa shape index (κ1) is 15.2. The molecule has 0 radical (unpaired) electrons. The van der Waals surface area contributed by atoms with Crippen molar-refractivity contribution in [1.29, 1.82) is 0 Å². The maximum absolute atomic E-state index is 11.7. The van der Waals surface area contributed by atoms with E-state index in [9.17, 15) is 8.42 Å². The van der Waals surface area contributed by atoms with Crippen LogP contribution in [-0.2, 0) is 16.4 Å².